The van der Waals surface area contributed by atoms with Gasteiger partial charge in [0, 0.05) is 12.4 Å². The van der Waals surface area contributed by atoms with Crippen molar-refractivity contribution in [2.45, 2.75) is 0 Å². The van der Waals surface area contributed by atoms with Crippen LogP contribution in [0.25, 0.3) is 10.2 Å². The number of aromatic nitrogens is 3. The minimum atomic E-state index is -1.05. The van der Waals surface area contributed by atoms with Gasteiger partial charge in [0.2, 0.25) is 0 Å². The Kier molecular flexibility index (Phi) is 4.38. The van der Waals surface area contributed by atoms with Crippen molar-refractivity contribution in [3.63, 3.8) is 0 Å². The summed E-state index contributed by atoms with van der Waals surface area (Å²) in [7, 11) is 0. The Balaban J connectivity index is 1.59. The fourth-order valence-corrected chi connectivity index (χ4v) is 3.48. The van der Waals surface area contributed by atoms with Crippen LogP contribution < -0.4 is 10.6 Å². The lowest BCUT2D eigenvalue weighted by atomic mass is 10.1. The summed E-state index contributed by atoms with van der Waals surface area (Å²) in [6.07, 6.45) is 3.18. The molecule has 0 radical (unpaired) electrons. The summed E-state index contributed by atoms with van der Waals surface area (Å²) in [6, 6.07) is 9.63. The number of hydrogen-bond acceptors (Lipinski definition) is 5. The fraction of sp³-hybridized carbons (Fsp3) is 0. The quantitative estimate of drug-likeness (QED) is 0.353. The molecule has 4 rings (SSSR count). The Morgan fingerprint density at radius 3 is 2.64 bits per heavy atom. The van der Waals surface area contributed by atoms with Crippen LogP contribution in [0.5, 0.6) is 0 Å². The van der Waals surface area contributed by atoms with Crippen LogP contribution >= 0.6 is 11.3 Å². The maximum Gasteiger partial charge on any atom is 0.345 e. The largest absolute Gasteiger partial charge is 0.477 e. The van der Waals surface area contributed by atoms with E-state index in [1.54, 1.807) is 42.7 Å². The van der Waals surface area contributed by atoms with Gasteiger partial charge in [-0.15, -0.1) is 11.3 Å². The van der Waals surface area contributed by atoms with Crippen LogP contribution in [0.15, 0.2) is 48.8 Å². The lowest BCUT2D eigenvalue weighted by Crippen LogP contribution is -2.18. The molecule has 3 heterocycles. The zero-order valence-corrected chi connectivity index (χ0v) is 15.0. The number of H-pyrrole nitrogens is 2. The first-order valence-electron chi connectivity index (χ1n) is 8.08. The third-order valence-corrected chi connectivity index (χ3v) is 5.01. The molecule has 0 atom stereocenters. The number of aromatic carboxylic acids is 1. The van der Waals surface area contributed by atoms with Crippen molar-refractivity contribution < 1.29 is 19.5 Å². The Labute approximate surface area is 161 Å². The molecular weight excluding hydrogens is 382 g/mol. The number of rotatable bonds is 5. The Hall–Kier alpha value is -3.92. The van der Waals surface area contributed by atoms with Crippen LogP contribution in [0, 0.1) is 0 Å². The number of nitrogens with one attached hydrogen (secondary N) is 4. The van der Waals surface area contributed by atoms with Gasteiger partial charge in [-0.1, -0.05) is 12.1 Å². The molecule has 4 aromatic rings. The lowest BCUT2D eigenvalue weighted by molar-refractivity contribution is 0.0701. The van der Waals surface area contributed by atoms with Crippen LogP contribution in [-0.4, -0.2) is 38.1 Å². The van der Waals surface area contributed by atoms with Crippen molar-refractivity contribution in [3.05, 3.63) is 64.8 Å². The summed E-state index contributed by atoms with van der Waals surface area (Å²) < 4.78 is 0. The van der Waals surface area contributed by atoms with Crippen LogP contribution in [-0.2, 0) is 0 Å². The van der Waals surface area contributed by atoms with E-state index in [0.29, 0.717) is 21.5 Å². The Morgan fingerprint density at radius 1 is 1.07 bits per heavy atom. The fourth-order valence-electron chi connectivity index (χ4n) is 2.64. The molecule has 9 nitrogen and oxygen atoms in total. The molecule has 0 spiro atoms. The average molecular weight is 395 g/mol. The lowest BCUT2D eigenvalue weighted by Gasteiger charge is -2.10. The summed E-state index contributed by atoms with van der Waals surface area (Å²) >= 11 is 1.03. The van der Waals surface area contributed by atoms with Crippen molar-refractivity contribution in [3.8, 4) is 0 Å². The van der Waals surface area contributed by atoms with E-state index in [2.05, 4.69) is 25.8 Å². The van der Waals surface area contributed by atoms with E-state index in [9.17, 15) is 14.4 Å². The van der Waals surface area contributed by atoms with Gasteiger partial charge in [-0.2, -0.15) is 5.10 Å². The smallest absolute Gasteiger partial charge is 0.345 e. The molecule has 0 fully saturated rings. The maximum atomic E-state index is 12.7. The highest BCUT2D eigenvalue weighted by atomic mass is 32.1. The second-order valence-electron chi connectivity index (χ2n) is 5.78. The average Bonchev–Trinajstić information content (AvgIpc) is 3.40. The zero-order valence-electron chi connectivity index (χ0n) is 14.1. The SMILES string of the molecule is O=C(Nc1ccccc1C(=O)Nc1n[nH]c2sc(C(=O)O)cc12)c1cc[nH]c1. The number of thiophene rings is 1. The predicted octanol–water partition coefficient (Wildman–Crippen LogP) is 3.16. The number of carboxylic acid groups (broad SMARTS) is 1. The van der Waals surface area contributed by atoms with Crippen molar-refractivity contribution in [2.75, 3.05) is 10.6 Å². The molecule has 5 N–H and O–H groups in total. The minimum absolute atomic E-state index is 0.137. The van der Waals surface area contributed by atoms with E-state index in [-0.39, 0.29) is 22.2 Å². The highest BCUT2D eigenvalue weighted by Crippen LogP contribution is 2.29. The van der Waals surface area contributed by atoms with Crippen LogP contribution in [0.2, 0.25) is 0 Å². The van der Waals surface area contributed by atoms with Gasteiger partial charge in [0.25, 0.3) is 11.8 Å². The number of anilines is 2. The first-order chi connectivity index (χ1) is 13.5. The van der Waals surface area contributed by atoms with Crippen LogP contribution in [0.3, 0.4) is 0 Å². The zero-order chi connectivity index (χ0) is 19.7. The van der Waals surface area contributed by atoms with E-state index in [0.717, 1.165) is 11.3 Å². The number of amides is 2. The van der Waals surface area contributed by atoms with E-state index < -0.39 is 11.9 Å². The molecule has 1 aromatic carbocycles. The van der Waals surface area contributed by atoms with E-state index in [4.69, 9.17) is 5.11 Å². The normalized spacial score (nSPS) is 10.7. The predicted molar refractivity (Wildman–Crippen MR) is 104 cm³/mol. The van der Waals surface area contributed by atoms with Gasteiger partial charge in [0.15, 0.2) is 5.82 Å². The molecular formula is C18H13N5O4S. The van der Waals surface area contributed by atoms with E-state index >= 15 is 0 Å². The summed E-state index contributed by atoms with van der Waals surface area (Å²) in [4.78, 5) is 39.6. The Morgan fingerprint density at radius 2 is 1.89 bits per heavy atom. The monoisotopic (exact) mass is 395 g/mol. The summed E-state index contributed by atoms with van der Waals surface area (Å²) in [6.45, 7) is 0. The number of carboxylic acids is 1. The molecule has 0 bridgehead atoms. The number of para-hydroxylation sites is 1. The first-order valence-corrected chi connectivity index (χ1v) is 8.90. The second-order valence-corrected chi connectivity index (χ2v) is 6.84. The number of carbonyl (C=O) groups is 3. The van der Waals surface area contributed by atoms with Crippen molar-refractivity contribution in [1.29, 1.82) is 0 Å². The number of hydrogen-bond donors (Lipinski definition) is 5. The van der Waals surface area contributed by atoms with Gasteiger partial charge in [-0.25, -0.2) is 4.79 Å². The summed E-state index contributed by atoms with van der Waals surface area (Å²) in [5, 5.41) is 21.7. The van der Waals surface area contributed by atoms with E-state index in [1.165, 1.54) is 6.07 Å². The van der Waals surface area contributed by atoms with Gasteiger partial charge < -0.3 is 20.7 Å². The number of aromatic amines is 2. The number of nitrogens with zero attached hydrogens (tertiary/aromatic N) is 1. The molecule has 10 heteroatoms. The molecule has 0 aliphatic heterocycles. The number of carbonyl (C=O) groups excluding carboxylic acids is 2. The molecule has 0 saturated heterocycles. The van der Waals surface area contributed by atoms with Crippen molar-refractivity contribution in [1.82, 2.24) is 15.2 Å². The Bertz CT molecular complexity index is 1190. The maximum absolute atomic E-state index is 12.7. The third-order valence-electron chi connectivity index (χ3n) is 3.98. The van der Waals surface area contributed by atoms with Gasteiger partial charge in [0.1, 0.15) is 9.71 Å². The summed E-state index contributed by atoms with van der Waals surface area (Å²) in [5.74, 6) is -1.67. The van der Waals surface area contributed by atoms with Crippen LogP contribution in [0.1, 0.15) is 30.4 Å². The molecule has 0 aliphatic carbocycles. The van der Waals surface area contributed by atoms with Gasteiger partial charge in [-0.3, -0.25) is 14.7 Å². The highest BCUT2D eigenvalue weighted by Gasteiger charge is 2.19. The van der Waals surface area contributed by atoms with Gasteiger partial charge in [0.05, 0.1) is 22.2 Å². The minimum Gasteiger partial charge on any atom is -0.477 e. The van der Waals surface area contributed by atoms with Gasteiger partial charge >= 0.3 is 5.97 Å². The van der Waals surface area contributed by atoms with Gasteiger partial charge in [-0.05, 0) is 24.3 Å². The van der Waals surface area contributed by atoms with Crippen molar-refractivity contribution in [2.24, 2.45) is 0 Å². The second kappa shape index (κ2) is 7.00. The molecule has 140 valence electrons. The molecule has 0 saturated carbocycles. The highest BCUT2D eigenvalue weighted by molar-refractivity contribution is 7.20. The summed E-state index contributed by atoms with van der Waals surface area (Å²) in [5.41, 5.74) is 1.02. The molecule has 28 heavy (non-hydrogen) atoms. The third kappa shape index (κ3) is 3.23. The molecule has 2 amide bonds. The molecule has 0 unspecified atom stereocenters. The number of benzene rings is 1. The molecule has 3 aromatic heterocycles. The van der Waals surface area contributed by atoms with Crippen molar-refractivity contribution >= 4 is 50.8 Å². The molecule has 0 aliphatic rings. The topological polar surface area (TPSA) is 140 Å². The first kappa shape index (κ1) is 17.5. The standard InChI is InChI=1S/C18H13N5O4S/c24-15(9-5-6-19-8-9)20-12-4-2-1-3-10(12)16(25)21-14-11-7-13(18(26)27)28-17(11)23-22-14/h1-8,19H,(H,20,24)(H,26,27)(H2,21,22,23,25). The van der Waals surface area contributed by atoms with Crippen LogP contribution in [0.4, 0.5) is 11.5 Å². The number of fused-ring (bicyclic) bond motifs is 1. The van der Waals surface area contributed by atoms with E-state index in [1.807, 2.05) is 0 Å².